The van der Waals surface area contributed by atoms with Gasteiger partial charge in [0.25, 0.3) is 0 Å². The highest BCUT2D eigenvalue weighted by atomic mass is 19.1. The Kier molecular flexibility index (Phi) is 3.52. The zero-order valence-corrected chi connectivity index (χ0v) is 9.72. The Hall–Kier alpha value is -2.44. The van der Waals surface area contributed by atoms with Crippen molar-refractivity contribution < 1.29 is 9.18 Å². The third-order valence-electron chi connectivity index (χ3n) is 2.31. The number of hydrogen-bond donors (Lipinski definition) is 2. The number of carbonyl (C=O) groups is 1. The summed E-state index contributed by atoms with van der Waals surface area (Å²) in [5, 5.41) is 8.79. The number of halogens is 1. The second-order valence-electron chi connectivity index (χ2n) is 3.70. The average Bonchev–Trinajstić information content (AvgIpc) is 2.84. The van der Waals surface area contributed by atoms with E-state index in [-0.39, 0.29) is 12.2 Å². The quantitative estimate of drug-likeness (QED) is 0.867. The fraction of sp³-hybridized carbons (Fsp3) is 0.182. The number of para-hydroxylation sites is 1. The van der Waals surface area contributed by atoms with Crippen LogP contribution in [-0.2, 0) is 6.54 Å². The summed E-state index contributed by atoms with van der Waals surface area (Å²) >= 11 is 0. The number of nitrogens with one attached hydrogen (secondary N) is 2. The zero-order valence-electron chi connectivity index (χ0n) is 9.72. The van der Waals surface area contributed by atoms with Gasteiger partial charge in [0.15, 0.2) is 0 Å². The molecule has 2 aromatic rings. The first-order valence-electron chi connectivity index (χ1n) is 5.27. The third-order valence-corrected chi connectivity index (χ3v) is 2.31. The van der Waals surface area contributed by atoms with E-state index < -0.39 is 11.8 Å². The van der Waals surface area contributed by atoms with Gasteiger partial charge in [-0.25, -0.2) is 14.2 Å². The van der Waals surface area contributed by atoms with Gasteiger partial charge >= 0.3 is 6.03 Å². The molecule has 2 amide bonds. The van der Waals surface area contributed by atoms with E-state index >= 15 is 0 Å². The highest BCUT2D eigenvalue weighted by Crippen LogP contribution is 2.13. The number of urea groups is 1. The van der Waals surface area contributed by atoms with Gasteiger partial charge < -0.3 is 10.2 Å². The summed E-state index contributed by atoms with van der Waals surface area (Å²) in [7, 11) is 1.58. The van der Waals surface area contributed by atoms with E-state index in [1.165, 1.54) is 23.4 Å². The lowest BCUT2D eigenvalue weighted by Crippen LogP contribution is -2.31. The topological polar surface area (TPSA) is 73.9 Å². The Labute approximate surface area is 103 Å². The van der Waals surface area contributed by atoms with E-state index in [2.05, 4.69) is 20.5 Å². The first-order valence-corrected chi connectivity index (χ1v) is 5.27. The smallest absolute Gasteiger partial charge is 0.320 e. The molecule has 0 spiro atoms. The van der Waals surface area contributed by atoms with Gasteiger partial charge in [-0.1, -0.05) is 12.1 Å². The van der Waals surface area contributed by atoms with E-state index in [9.17, 15) is 9.18 Å². The van der Waals surface area contributed by atoms with E-state index in [1.807, 2.05) is 0 Å². The highest BCUT2D eigenvalue weighted by molar-refractivity contribution is 5.89. The van der Waals surface area contributed by atoms with Gasteiger partial charge in [0.2, 0.25) is 0 Å². The fourth-order valence-corrected chi connectivity index (χ4v) is 1.38. The van der Waals surface area contributed by atoms with Crippen molar-refractivity contribution >= 4 is 11.7 Å². The molecule has 1 heterocycles. The van der Waals surface area contributed by atoms with Crippen LogP contribution < -0.4 is 5.32 Å². The number of hydrogen-bond acceptors (Lipinski definition) is 3. The molecule has 0 saturated carbocycles. The van der Waals surface area contributed by atoms with Gasteiger partial charge in [-0.3, -0.25) is 5.10 Å². The SMILES string of the molecule is CN(Cc1ncn[nH]1)C(=O)Nc1ccccc1F. The van der Waals surface area contributed by atoms with Crippen LogP contribution in [0.4, 0.5) is 14.9 Å². The van der Waals surface area contributed by atoms with Crippen LogP contribution in [0.15, 0.2) is 30.6 Å². The predicted molar refractivity (Wildman–Crippen MR) is 63.3 cm³/mol. The number of aromatic nitrogens is 3. The van der Waals surface area contributed by atoms with E-state index in [4.69, 9.17) is 0 Å². The van der Waals surface area contributed by atoms with Gasteiger partial charge in [-0.2, -0.15) is 5.10 Å². The molecule has 1 aromatic carbocycles. The summed E-state index contributed by atoms with van der Waals surface area (Å²) in [4.78, 5) is 17.0. The van der Waals surface area contributed by atoms with E-state index in [0.717, 1.165) is 0 Å². The van der Waals surface area contributed by atoms with Crippen LogP contribution >= 0.6 is 0 Å². The molecule has 0 saturated heterocycles. The minimum absolute atomic E-state index is 0.145. The van der Waals surface area contributed by atoms with Crippen LogP contribution in [0, 0.1) is 5.82 Å². The first-order chi connectivity index (χ1) is 8.66. The number of aromatic amines is 1. The van der Waals surface area contributed by atoms with Gasteiger partial charge in [0, 0.05) is 7.05 Å². The van der Waals surface area contributed by atoms with Gasteiger partial charge in [-0.15, -0.1) is 0 Å². The molecule has 18 heavy (non-hydrogen) atoms. The number of rotatable bonds is 3. The molecule has 0 radical (unpaired) electrons. The number of amides is 2. The van der Waals surface area contributed by atoms with Gasteiger partial charge in [0.1, 0.15) is 18.0 Å². The Morgan fingerprint density at radius 2 is 2.28 bits per heavy atom. The van der Waals surface area contributed by atoms with Crippen molar-refractivity contribution in [3.8, 4) is 0 Å². The number of nitrogens with zero attached hydrogens (tertiary/aromatic N) is 3. The van der Waals surface area contributed by atoms with Crippen molar-refractivity contribution in [1.82, 2.24) is 20.1 Å². The van der Waals surface area contributed by atoms with Crippen molar-refractivity contribution in [1.29, 1.82) is 0 Å². The summed E-state index contributed by atoms with van der Waals surface area (Å²) in [6.45, 7) is 0.264. The van der Waals surface area contributed by atoms with Crippen molar-refractivity contribution in [3.63, 3.8) is 0 Å². The molecule has 0 bridgehead atoms. The number of benzene rings is 1. The molecule has 2 rings (SSSR count). The lowest BCUT2D eigenvalue weighted by molar-refractivity contribution is 0.219. The maximum Gasteiger partial charge on any atom is 0.322 e. The minimum atomic E-state index is -0.473. The average molecular weight is 249 g/mol. The van der Waals surface area contributed by atoms with Crippen molar-refractivity contribution in [2.75, 3.05) is 12.4 Å². The van der Waals surface area contributed by atoms with Gasteiger partial charge in [0.05, 0.1) is 12.2 Å². The number of carbonyl (C=O) groups excluding carboxylic acids is 1. The Balaban J connectivity index is 1.98. The van der Waals surface area contributed by atoms with Crippen LogP contribution in [0.2, 0.25) is 0 Å². The number of anilines is 1. The fourth-order valence-electron chi connectivity index (χ4n) is 1.38. The van der Waals surface area contributed by atoms with Crippen LogP contribution in [0.3, 0.4) is 0 Å². The van der Waals surface area contributed by atoms with Crippen molar-refractivity contribution in [2.24, 2.45) is 0 Å². The summed E-state index contributed by atoms with van der Waals surface area (Å²) in [5.74, 6) is 0.0834. The molecule has 6 nitrogen and oxygen atoms in total. The second-order valence-corrected chi connectivity index (χ2v) is 3.70. The van der Waals surface area contributed by atoms with Crippen LogP contribution in [0.1, 0.15) is 5.82 Å². The maximum atomic E-state index is 13.3. The molecule has 0 unspecified atom stereocenters. The Morgan fingerprint density at radius 3 is 2.94 bits per heavy atom. The lowest BCUT2D eigenvalue weighted by atomic mass is 10.3. The minimum Gasteiger partial charge on any atom is -0.320 e. The molecule has 7 heteroatoms. The lowest BCUT2D eigenvalue weighted by Gasteiger charge is -2.16. The molecule has 0 aliphatic heterocycles. The molecular formula is C11H12FN5O. The number of H-pyrrole nitrogens is 1. The highest BCUT2D eigenvalue weighted by Gasteiger charge is 2.12. The van der Waals surface area contributed by atoms with Crippen molar-refractivity contribution in [2.45, 2.75) is 6.54 Å². The van der Waals surface area contributed by atoms with E-state index in [1.54, 1.807) is 19.2 Å². The molecule has 0 atom stereocenters. The monoisotopic (exact) mass is 249 g/mol. The molecule has 0 aliphatic rings. The first kappa shape index (κ1) is 12.0. The van der Waals surface area contributed by atoms with Gasteiger partial charge in [-0.05, 0) is 12.1 Å². The Morgan fingerprint density at radius 1 is 1.50 bits per heavy atom. The largest absolute Gasteiger partial charge is 0.322 e. The summed E-state index contributed by atoms with van der Waals surface area (Å²) in [6, 6.07) is 5.57. The maximum absolute atomic E-state index is 13.3. The molecule has 1 aromatic heterocycles. The molecule has 2 N–H and O–H groups in total. The summed E-state index contributed by atoms with van der Waals surface area (Å²) in [5.41, 5.74) is 0.145. The second kappa shape index (κ2) is 5.26. The van der Waals surface area contributed by atoms with Crippen LogP contribution in [0.5, 0.6) is 0 Å². The molecule has 0 aliphatic carbocycles. The predicted octanol–water partition coefficient (Wildman–Crippen LogP) is 1.61. The van der Waals surface area contributed by atoms with Crippen LogP contribution in [0.25, 0.3) is 0 Å². The van der Waals surface area contributed by atoms with Crippen LogP contribution in [-0.4, -0.2) is 33.2 Å². The molecule has 94 valence electrons. The summed E-state index contributed by atoms with van der Waals surface area (Å²) in [6.07, 6.45) is 1.36. The van der Waals surface area contributed by atoms with Crippen molar-refractivity contribution in [3.05, 3.63) is 42.2 Å². The molecule has 0 fully saturated rings. The standard InChI is InChI=1S/C11H12FN5O/c1-17(6-10-13-7-14-16-10)11(18)15-9-5-3-2-4-8(9)12/h2-5,7H,6H2,1H3,(H,15,18)(H,13,14,16). The zero-order chi connectivity index (χ0) is 13.0. The van der Waals surface area contributed by atoms with E-state index in [0.29, 0.717) is 5.82 Å². The normalized spacial score (nSPS) is 10.1. The summed E-state index contributed by atoms with van der Waals surface area (Å²) < 4.78 is 13.3. The third kappa shape index (κ3) is 2.82. The molecular weight excluding hydrogens is 237 g/mol. The Bertz CT molecular complexity index is 528.